The van der Waals surface area contributed by atoms with Crippen molar-refractivity contribution in [2.24, 2.45) is 0 Å². The predicted molar refractivity (Wildman–Crippen MR) is 74.5 cm³/mol. The van der Waals surface area contributed by atoms with Crippen LogP contribution in [-0.2, 0) is 6.54 Å². The van der Waals surface area contributed by atoms with Gasteiger partial charge in [0.1, 0.15) is 0 Å². The van der Waals surface area contributed by atoms with E-state index in [1.807, 2.05) is 54.8 Å². The molecule has 1 atom stereocenters. The summed E-state index contributed by atoms with van der Waals surface area (Å²) in [5, 5.41) is 7.76. The molecule has 0 saturated heterocycles. The summed E-state index contributed by atoms with van der Waals surface area (Å²) in [6, 6.07) is 13.8. The number of rotatable bonds is 4. The lowest BCUT2D eigenvalue weighted by Gasteiger charge is -2.14. The van der Waals surface area contributed by atoms with E-state index in [4.69, 9.17) is 0 Å². The van der Waals surface area contributed by atoms with Crippen LogP contribution in [0, 0.1) is 0 Å². The van der Waals surface area contributed by atoms with E-state index in [-0.39, 0.29) is 12.1 Å². The Morgan fingerprint density at radius 1 is 1.22 bits per heavy atom. The fourth-order valence-corrected chi connectivity index (χ4v) is 2.30. The van der Waals surface area contributed by atoms with Gasteiger partial charge in [-0.15, -0.1) is 11.3 Å². The van der Waals surface area contributed by atoms with Gasteiger partial charge < -0.3 is 10.6 Å². The predicted octanol–water partition coefficient (Wildman–Crippen LogP) is 3.31. The monoisotopic (exact) mass is 260 g/mol. The van der Waals surface area contributed by atoms with E-state index >= 15 is 0 Å². The van der Waals surface area contributed by atoms with Crippen molar-refractivity contribution in [2.75, 3.05) is 0 Å². The van der Waals surface area contributed by atoms with Crippen molar-refractivity contribution in [3.8, 4) is 0 Å². The molecule has 0 radical (unpaired) electrons. The average Bonchev–Trinajstić information content (AvgIpc) is 2.90. The Bertz CT molecular complexity index is 482. The molecule has 2 N–H and O–H groups in total. The smallest absolute Gasteiger partial charge is 0.315 e. The fourth-order valence-electron chi connectivity index (χ4n) is 1.65. The van der Waals surface area contributed by atoms with Crippen molar-refractivity contribution in [1.82, 2.24) is 10.6 Å². The van der Waals surface area contributed by atoms with Crippen molar-refractivity contribution < 1.29 is 4.79 Å². The molecule has 94 valence electrons. The number of hydrogen-bond donors (Lipinski definition) is 2. The maximum absolute atomic E-state index is 11.7. The molecule has 0 bridgehead atoms. The van der Waals surface area contributed by atoms with Crippen LogP contribution in [-0.4, -0.2) is 6.03 Å². The Morgan fingerprint density at radius 3 is 2.67 bits per heavy atom. The van der Waals surface area contributed by atoms with Crippen LogP contribution in [0.1, 0.15) is 23.4 Å². The summed E-state index contributed by atoms with van der Waals surface area (Å²) in [4.78, 5) is 12.9. The van der Waals surface area contributed by atoms with Gasteiger partial charge in [-0.25, -0.2) is 4.79 Å². The number of thiophene rings is 1. The topological polar surface area (TPSA) is 41.1 Å². The summed E-state index contributed by atoms with van der Waals surface area (Å²) in [6.07, 6.45) is 0. The van der Waals surface area contributed by atoms with Crippen LogP contribution in [0.25, 0.3) is 0 Å². The highest BCUT2D eigenvalue weighted by atomic mass is 32.1. The van der Waals surface area contributed by atoms with Gasteiger partial charge in [0.2, 0.25) is 0 Å². The van der Waals surface area contributed by atoms with Crippen LogP contribution in [0.15, 0.2) is 47.8 Å². The second-order valence-corrected chi connectivity index (χ2v) is 5.07. The summed E-state index contributed by atoms with van der Waals surface area (Å²) in [7, 11) is 0. The number of hydrogen-bond acceptors (Lipinski definition) is 2. The Morgan fingerprint density at radius 2 is 2.00 bits per heavy atom. The molecule has 2 aromatic rings. The van der Waals surface area contributed by atoms with E-state index in [2.05, 4.69) is 10.6 Å². The summed E-state index contributed by atoms with van der Waals surface area (Å²) in [5.74, 6) is 0. The first-order valence-corrected chi connectivity index (χ1v) is 6.75. The van der Waals surface area contributed by atoms with Gasteiger partial charge in [-0.3, -0.25) is 0 Å². The molecule has 18 heavy (non-hydrogen) atoms. The minimum atomic E-state index is -0.139. The molecule has 0 fully saturated rings. The first-order chi connectivity index (χ1) is 8.75. The lowest BCUT2D eigenvalue weighted by molar-refractivity contribution is 0.237. The molecular formula is C14H16N2OS. The van der Waals surface area contributed by atoms with Crippen LogP contribution in [0.5, 0.6) is 0 Å². The van der Waals surface area contributed by atoms with Gasteiger partial charge >= 0.3 is 6.03 Å². The van der Waals surface area contributed by atoms with Crippen molar-refractivity contribution in [2.45, 2.75) is 19.5 Å². The summed E-state index contributed by atoms with van der Waals surface area (Å²) < 4.78 is 0. The Balaban J connectivity index is 1.80. The summed E-state index contributed by atoms with van der Waals surface area (Å²) in [6.45, 7) is 2.55. The largest absolute Gasteiger partial charge is 0.333 e. The van der Waals surface area contributed by atoms with Gasteiger partial charge in [0.25, 0.3) is 0 Å². The molecule has 2 rings (SSSR count). The SMILES string of the molecule is CC(NC(=O)NCc1cccs1)c1ccccc1. The molecule has 1 heterocycles. The molecule has 4 heteroatoms. The van der Waals surface area contributed by atoms with E-state index in [1.165, 1.54) is 0 Å². The zero-order chi connectivity index (χ0) is 12.8. The van der Waals surface area contributed by atoms with Gasteiger partial charge in [0.05, 0.1) is 12.6 Å². The molecule has 0 spiro atoms. The first kappa shape index (κ1) is 12.6. The molecule has 2 amide bonds. The number of urea groups is 1. The van der Waals surface area contributed by atoms with Gasteiger partial charge in [0, 0.05) is 4.88 Å². The third-order valence-electron chi connectivity index (χ3n) is 2.65. The standard InChI is InChI=1S/C14H16N2OS/c1-11(12-6-3-2-4-7-12)16-14(17)15-10-13-8-5-9-18-13/h2-9,11H,10H2,1H3,(H2,15,16,17). The first-order valence-electron chi connectivity index (χ1n) is 5.87. The number of benzene rings is 1. The van der Waals surface area contributed by atoms with Crippen LogP contribution >= 0.6 is 11.3 Å². The molecule has 0 aliphatic rings. The quantitative estimate of drug-likeness (QED) is 0.870. The van der Waals surface area contributed by atoms with Gasteiger partial charge in [-0.05, 0) is 23.9 Å². The second kappa shape index (κ2) is 6.21. The molecule has 1 unspecified atom stereocenters. The van der Waals surface area contributed by atoms with Crippen molar-refractivity contribution >= 4 is 17.4 Å². The normalized spacial score (nSPS) is 11.8. The highest BCUT2D eigenvalue weighted by Crippen LogP contribution is 2.11. The number of amides is 2. The lowest BCUT2D eigenvalue weighted by Crippen LogP contribution is -2.36. The number of nitrogens with one attached hydrogen (secondary N) is 2. The van der Waals surface area contributed by atoms with E-state index < -0.39 is 0 Å². The summed E-state index contributed by atoms with van der Waals surface area (Å²) in [5.41, 5.74) is 1.10. The van der Waals surface area contributed by atoms with Crippen LogP contribution in [0.4, 0.5) is 4.79 Å². The molecule has 0 saturated carbocycles. The average molecular weight is 260 g/mol. The van der Waals surface area contributed by atoms with Crippen molar-refractivity contribution in [3.05, 3.63) is 58.3 Å². The highest BCUT2D eigenvalue weighted by Gasteiger charge is 2.08. The van der Waals surface area contributed by atoms with Gasteiger partial charge in [0.15, 0.2) is 0 Å². The van der Waals surface area contributed by atoms with E-state index in [1.54, 1.807) is 11.3 Å². The maximum atomic E-state index is 11.7. The molecule has 3 nitrogen and oxygen atoms in total. The van der Waals surface area contributed by atoms with E-state index in [9.17, 15) is 4.79 Å². The lowest BCUT2D eigenvalue weighted by atomic mass is 10.1. The van der Waals surface area contributed by atoms with Crippen LogP contribution < -0.4 is 10.6 Å². The van der Waals surface area contributed by atoms with Crippen molar-refractivity contribution in [3.63, 3.8) is 0 Å². The molecule has 1 aromatic carbocycles. The van der Waals surface area contributed by atoms with E-state index in [0.29, 0.717) is 6.54 Å². The highest BCUT2D eigenvalue weighted by molar-refractivity contribution is 7.09. The minimum Gasteiger partial charge on any atom is -0.333 e. The van der Waals surface area contributed by atoms with Gasteiger partial charge in [-0.2, -0.15) is 0 Å². The Labute approximate surface area is 111 Å². The Hall–Kier alpha value is -1.81. The third kappa shape index (κ3) is 3.60. The molecular weight excluding hydrogens is 244 g/mol. The summed E-state index contributed by atoms with van der Waals surface area (Å²) >= 11 is 1.64. The maximum Gasteiger partial charge on any atom is 0.315 e. The zero-order valence-corrected chi connectivity index (χ0v) is 11.0. The zero-order valence-electron chi connectivity index (χ0n) is 10.2. The molecule has 0 aliphatic heterocycles. The van der Waals surface area contributed by atoms with Crippen LogP contribution in [0.3, 0.4) is 0 Å². The van der Waals surface area contributed by atoms with Gasteiger partial charge in [-0.1, -0.05) is 36.4 Å². The number of carbonyl (C=O) groups excluding carboxylic acids is 1. The van der Waals surface area contributed by atoms with Crippen molar-refractivity contribution in [1.29, 1.82) is 0 Å². The Kier molecular flexibility index (Phi) is 4.36. The molecule has 1 aromatic heterocycles. The number of carbonyl (C=O) groups is 1. The third-order valence-corrected chi connectivity index (χ3v) is 3.53. The second-order valence-electron chi connectivity index (χ2n) is 4.04. The van der Waals surface area contributed by atoms with E-state index in [0.717, 1.165) is 10.4 Å². The molecule has 0 aliphatic carbocycles. The van der Waals surface area contributed by atoms with Crippen LogP contribution in [0.2, 0.25) is 0 Å². The minimum absolute atomic E-state index is 0.00883. The fraction of sp³-hybridized carbons (Fsp3) is 0.214.